The molecule has 1 rings (SSSR count). The standard InChI is InChI=1S/C12H25N3O/c1-3-9-15(4-2)10-8-14-12(16)11-6-5-7-13-11/h11,13H,3-10H2,1-2H3,(H,14,16)/t11-/m1/s1. The van der Waals surface area contributed by atoms with E-state index < -0.39 is 0 Å². The van der Waals surface area contributed by atoms with Crippen molar-refractivity contribution in [2.75, 3.05) is 32.7 Å². The van der Waals surface area contributed by atoms with Crippen molar-refractivity contribution in [3.05, 3.63) is 0 Å². The van der Waals surface area contributed by atoms with E-state index in [9.17, 15) is 4.79 Å². The van der Waals surface area contributed by atoms with Gasteiger partial charge in [0.1, 0.15) is 0 Å². The molecular weight excluding hydrogens is 202 g/mol. The molecule has 0 radical (unpaired) electrons. The number of hydrogen-bond donors (Lipinski definition) is 2. The first-order chi connectivity index (χ1) is 7.77. The summed E-state index contributed by atoms with van der Waals surface area (Å²) >= 11 is 0. The monoisotopic (exact) mass is 227 g/mol. The third kappa shape index (κ3) is 4.49. The molecule has 1 aliphatic rings. The molecule has 0 aromatic rings. The van der Waals surface area contributed by atoms with E-state index in [-0.39, 0.29) is 11.9 Å². The number of nitrogens with one attached hydrogen (secondary N) is 2. The van der Waals surface area contributed by atoms with Gasteiger partial charge in [-0.1, -0.05) is 13.8 Å². The number of carbonyl (C=O) groups is 1. The Morgan fingerprint density at radius 2 is 2.25 bits per heavy atom. The van der Waals surface area contributed by atoms with Crippen LogP contribution < -0.4 is 10.6 Å². The van der Waals surface area contributed by atoms with Gasteiger partial charge in [-0.05, 0) is 38.9 Å². The van der Waals surface area contributed by atoms with Crippen LogP contribution in [0.3, 0.4) is 0 Å². The first-order valence-electron chi connectivity index (χ1n) is 6.51. The third-order valence-corrected chi connectivity index (χ3v) is 3.09. The second-order valence-corrected chi connectivity index (χ2v) is 4.37. The van der Waals surface area contributed by atoms with Gasteiger partial charge in [-0.3, -0.25) is 4.79 Å². The van der Waals surface area contributed by atoms with E-state index in [2.05, 4.69) is 29.4 Å². The van der Waals surface area contributed by atoms with Crippen molar-refractivity contribution in [1.82, 2.24) is 15.5 Å². The van der Waals surface area contributed by atoms with Gasteiger partial charge in [0.15, 0.2) is 0 Å². The van der Waals surface area contributed by atoms with Gasteiger partial charge in [-0.15, -0.1) is 0 Å². The number of amides is 1. The summed E-state index contributed by atoms with van der Waals surface area (Å²) in [5.41, 5.74) is 0. The SMILES string of the molecule is CCCN(CC)CCNC(=O)[C@H]1CCCN1. The predicted molar refractivity (Wildman–Crippen MR) is 66.4 cm³/mol. The number of nitrogens with zero attached hydrogens (tertiary/aromatic N) is 1. The van der Waals surface area contributed by atoms with Crippen molar-refractivity contribution in [3.8, 4) is 0 Å². The van der Waals surface area contributed by atoms with Crippen LogP contribution in [0.5, 0.6) is 0 Å². The zero-order valence-electron chi connectivity index (χ0n) is 10.6. The normalized spacial score (nSPS) is 20.3. The van der Waals surface area contributed by atoms with Crippen LogP contribution in [0.4, 0.5) is 0 Å². The van der Waals surface area contributed by atoms with Gasteiger partial charge in [-0.25, -0.2) is 0 Å². The summed E-state index contributed by atoms with van der Waals surface area (Å²) in [5, 5.41) is 6.21. The van der Waals surface area contributed by atoms with Gasteiger partial charge in [0.05, 0.1) is 6.04 Å². The summed E-state index contributed by atoms with van der Waals surface area (Å²) in [5.74, 6) is 0.171. The van der Waals surface area contributed by atoms with Crippen LogP contribution in [0.15, 0.2) is 0 Å². The van der Waals surface area contributed by atoms with Gasteiger partial charge >= 0.3 is 0 Å². The topological polar surface area (TPSA) is 44.4 Å². The maximum absolute atomic E-state index is 11.7. The highest BCUT2D eigenvalue weighted by Gasteiger charge is 2.21. The smallest absolute Gasteiger partial charge is 0.237 e. The minimum absolute atomic E-state index is 0.0567. The second-order valence-electron chi connectivity index (χ2n) is 4.37. The Hall–Kier alpha value is -0.610. The molecular formula is C12H25N3O. The van der Waals surface area contributed by atoms with E-state index in [0.29, 0.717) is 0 Å². The molecule has 1 heterocycles. The lowest BCUT2D eigenvalue weighted by Crippen LogP contribution is -2.43. The van der Waals surface area contributed by atoms with Crippen LogP contribution in [-0.2, 0) is 4.79 Å². The average Bonchev–Trinajstić information content (AvgIpc) is 2.81. The van der Waals surface area contributed by atoms with Gasteiger partial charge in [0, 0.05) is 13.1 Å². The Kier molecular flexibility index (Phi) is 6.42. The molecule has 1 saturated heterocycles. The fraction of sp³-hybridized carbons (Fsp3) is 0.917. The quantitative estimate of drug-likeness (QED) is 0.669. The van der Waals surface area contributed by atoms with E-state index in [1.54, 1.807) is 0 Å². The predicted octanol–water partition coefficient (Wildman–Crippen LogP) is 0.587. The zero-order chi connectivity index (χ0) is 11.8. The summed E-state index contributed by atoms with van der Waals surface area (Å²) < 4.78 is 0. The molecule has 1 amide bonds. The fourth-order valence-corrected chi connectivity index (χ4v) is 2.11. The largest absolute Gasteiger partial charge is 0.353 e. The zero-order valence-corrected chi connectivity index (χ0v) is 10.6. The Balaban J connectivity index is 2.11. The molecule has 1 fully saturated rings. The molecule has 94 valence electrons. The Labute approximate surface area is 98.8 Å². The summed E-state index contributed by atoms with van der Waals surface area (Å²) in [6, 6.07) is 0.0567. The highest BCUT2D eigenvalue weighted by molar-refractivity contribution is 5.81. The van der Waals surface area contributed by atoms with Gasteiger partial charge in [0.25, 0.3) is 0 Å². The lowest BCUT2D eigenvalue weighted by molar-refractivity contribution is -0.122. The van der Waals surface area contributed by atoms with E-state index in [1.165, 1.54) is 6.42 Å². The maximum atomic E-state index is 11.7. The molecule has 0 aromatic heterocycles. The number of likely N-dealkylation sites (N-methyl/N-ethyl adjacent to an activating group) is 1. The molecule has 0 aliphatic carbocycles. The van der Waals surface area contributed by atoms with Crippen molar-refractivity contribution < 1.29 is 4.79 Å². The molecule has 2 N–H and O–H groups in total. The molecule has 16 heavy (non-hydrogen) atoms. The van der Waals surface area contributed by atoms with E-state index >= 15 is 0 Å². The van der Waals surface area contributed by atoms with Crippen LogP contribution >= 0.6 is 0 Å². The van der Waals surface area contributed by atoms with E-state index in [4.69, 9.17) is 0 Å². The van der Waals surface area contributed by atoms with Crippen molar-refractivity contribution in [1.29, 1.82) is 0 Å². The molecule has 1 aliphatic heterocycles. The molecule has 0 spiro atoms. The highest BCUT2D eigenvalue weighted by atomic mass is 16.2. The lowest BCUT2D eigenvalue weighted by atomic mass is 10.2. The van der Waals surface area contributed by atoms with Gasteiger partial charge < -0.3 is 15.5 Å². The molecule has 0 unspecified atom stereocenters. The molecule has 4 heteroatoms. The Morgan fingerprint density at radius 1 is 1.44 bits per heavy atom. The lowest BCUT2D eigenvalue weighted by Gasteiger charge is -2.20. The highest BCUT2D eigenvalue weighted by Crippen LogP contribution is 2.04. The minimum atomic E-state index is 0.0567. The Bertz CT molecular complexity index is 202. The molecule has 0 aromatic carbocycles. The van der Waals surface area contributed by atoms with E-state index in [0.717, 1.165) is 45.6 Å². The van der Waals surface area contributed by atoms with Crippen LogP contribution in [0, 0.1) is 0 Å². The number of carbonyl (C=O) groups excluding carboxylic acids is 1. The third-order valence-electron chi connectivity index (χ3n) is 3.09. The van der Waals surface area contributed by atoms with Gasteiger partial charge in [-0.2, -0.15) is 0 Å². The first kappa shape index (κ1) is 13.5. The molecule has 0 bridgehead atoms. The molecule has 1 atom stereocenters. The fourth-order valence-electron chi connectivity index (χ4n) is 2.11. The van der Waals surface area contributed by atoms with E-state index in [1.807, 2.05) is 0 Å². The second kappa shape index (κ2) is 7.63. The number of hydrogen-bond acceptors (Lipinski definition) is 3. The summed E-state index contributed by atoms with van der Waals surface area (Å²) in [6.45, 7) is 9.24. The van der Waals surface area contributed by atoms with Crippen LogP contribution in [0.1, 0.15) is 33.1 Å². The number of rotatable bonds is 7. The van der Waals surface area contributed by atoms with Crippen LogP contribution in [-0.4, -0.2) is 49.6 Å². The van der Waals surface area contributed by atoms with Gasteiger partial charge in [0.2, 0.25) is 5.91 Å². The summed E-state index contributed by atoms with van der Waals surface area (Å²) in [4.78, 5) is 14.0. The summed E-state index contributed by atoms with van der Waals surface area (Å²) in [6.07, 6.45) is 3.28. The summed E-state index contributed by atoms with van der Waals surface area (Å²) in [7, 11) is 0. The van der Waals surface area contributed by atoms with Crippen molar-refractivity contribution in [3.63, 3.8) is 0 Å². The molecule has 4 nitrogen and oxygen atoms in total. The van der Waals surface area contributed by atoms with Crippen molar-refractivity contribution in [2.45, 2.75) is 39.2 Å². The van der Waals surface area contributed by atoms with Crippen LogP contribution in [0.2, 0.25) is 0 Å². The molecule has 0 saturated carbocycles. The Morgan fingerprint density at radius 3 is 2.81 bits per heavy atom. The van der Waals surface area contributed by atoms with Crippen molar-refractivity contribution in [2.24, 2.45) is 0 Å². The first-order valence-corrected chi connectivity index (χ1v) is 6.51. The minimum Gasteiger partial charge on any atom is -0.353 e. The average molecular weight is 227 g/mol. The maximum Gasteiger partial charge on any atom is 0.237 e. The van der Waals surface area contributed by atoms with Crippen LogP contribution in [0.25, 0.3) is 0 Å². The van der Waals surface area contributed by atoms with Crippen molar-refractivity contribution >= 4 is 5.91 Å².